The summed E-state index contributed by atoms with van der Waals surface area (Å²) in [5.74, 6) is -0.502. The lowest BCUT2D eigenvalue weighted by atomic mass is 10.2. The molecule has 1 N–H and O–H groups in total. The van der Waals surface area contributed by atoms with Gasteiger partial charge >= 0.3 is 12.1 Å². The highest BCUT2D eigenvalue weighted by atomic mass is 32.2. The normalized spacial score (nSPS) is 24.5. The summed E-state index contributed by atoms with van der Waals surface area (Å²) in [5, 5.41) is 2.87. The zero-order chi connectivity index (χ0) is 17.7. The lowest BCUT2D eigenvalue weighted by Crippen LogP contribution is -2.53. The number of carbonyl (C=O) groups is 2. The molecule has 1 aliphatic rings. The Bertz CT molecular complexity index is 611. The summed E-state index contributed by atoms with van der Waals surface area (Å²) < 4.78 is 27.9. The molecule has 1 aliphatic heterocycles. The summed E-state index contributed by atoms with van der Waals surface area (Å²) in [4.78, 5) is 23.8. The molecule has 0 saturated carbocycles. The molecule has 1 saturated heterocycles. The maximum atomic E-state index is 12.3. The van der Waals surface area contributed by atoms with E-state index >= 15 is 0 Å². The molecule has 0 radical (unpaired) electrons. The van der Waals surface area contributed by atoms with Crippen LogP contribution in [0.1, 0.15) is 19.4 Å². The molecule has 1 fully saturated rings. The van der Waals surface area contributed by atoms with Crippen LogP contribution in [0.15, 0.2) is 30.3 Å². The van der Waals surface area contributed by atoms with E-state index in [1.807, 2.05) is 30.3 Å². The largest absolute Gasteiger partial charge is 0.468 e. The molecule has 1 heterocycles. The van der Waals surface area contributed by atoms with E-state index in [0.717, 1.165) is 9.87 Å². The van der Waals surface area contributed by atoms with Gasteiger partial charge < -0.3 is 9.47 Å². The number of benzene rings is 1. The van der Waals surface area contributed by atoms with E-state index in [1.54, 1.807) is 13.8 Å². The Morgan fingerprint density at radius 3 is 2.67 bits per heavy atom. The number of amides is 1. The van der Waals surface area contributed by atoms with Crippen molar-refractivity contribution in [2.45, 2.75) is 38.8 Å². The fourth-order valence-electron chi connectivity index (χ4n) is 2.17. The molecule has 1 aromatic carbocycles. The van der Waals surface area contributed by atoms with Gasteiger partial charge in [0.1, 0.15) is 24.9 Å². The van der Waals surface area contributed by atoms with Crippen LogP contribution < -0.4 is 5.32 Å². The minimum absolute atomic E-state index is 0.0427. The molecule has 1 unspecified atom stereocenters. The third-order valence-electron chi connectivity index (χ3n) is 3.45. The third-order valence-corrected chi connectivity index (χ3v) is 4.62. The Balaban J connectivity index is 2.02. The number of rotatable bonds is 5. The quantitative estimate of drug-likeness (QED) is 0.790. The Morgan fingerprint density at radius 2 is 2.04 bits per heavy atom. The monoisotopic (exact) mass is 356 g/mol. The Hall–Kier alpha value is -1.97. The molecule has 4 atom stereocenters. The summed E-state index contributed by atoms with van der Waals surface area (Å²) in [7, 11) is 1.26. The summed E-state index contributed by atoms with van der Waals surface area (Å²) in [6.45, 7) is 3.26. The highest BCUT2D eigenvalue weighted by Gasteiger charge is 2.44. The second-order valence-electron chi connectivity index (χ2n) is 5.24. The first kappa shape index (κ1) is 18.4. The lowest BCUT2D eigenvalue weighted by molar-refractivity contribution is -0.143. The number of carbonyl (C=O) groups excluding carboxylic acids is 2. The smallest absolute Gasteiger partial charge is 0.425 e. The molecule has 0 aromatic heterocycles. The maximum Gasteiger partial charge on any atom is 0.425 e. The van der Waals surface area contributed by atoms with Crippen LogP contribution in [-0.2, 0) is 36.3 Å². The van der Waals surface area contributed by atoms with Crippen LogP contribution in [0.4, 0.5) is 4.79 Å². The van der Waals surface area contributed by atoms with E-state index in [1.165, 1.54) is 7.11 Å². The topological polar surface area (TPSA) is 94.2 Å². The first-order valence-corrected chi connectivity index (χ1v) is 8.40. The van der Waals surface area contributed by atoms with Crippen molar-refractivity contribution in [2.75, 3.05) is 7.11 Å². The first-order chi connectivity index (χ1) is 11.4. The van der Waals surface area contributed by atoms with Crippen molar-refractivity contribution < 1.29 is 27.5 Å². The van der Waals surface area contributed by atoms with Gasteiger partial charge in [0.05, 0.1) is 7.11 Å². The summed E-state index contributed by atoms with van der Waals surface area (Å²) >= 11 is -2.00. The zero-order valence-corrected chi connectivity index (χ0v) is 14.4. The van der Waals surface area contributed by atoms with Gasteiger partial charge in [-0.05, 0) is 19.4 Å². The minimum Gasteiger partial charge on any atom is -0.468 e. The lowest BCUT2D eigenvalue weighted by Gasteiger charge is -2.25. The van der Waals surface area contributed by atoms with Crippen LogP contribution in [0, 0.1) is 0 Å². The highest BCUT2D eigenvalue weighted by Crippen LogP contribution is 2.22. The van der Waals surface area contributed by atoms with Crippen molar-refractivity contribution in [1.29, 1.82) is 0 Å². The molecule has 1 aromatic rings. The van der Waals surface area contributed by atoms with Crippen molar-refractivity contribution in [1.82, 2.24) is 9.62 Å². The fraction of sp³-hybridized carbons (Fsp3) is 0.467. The summed E-state index contributed by atoms with van der Waals surface area (Å²) in [6.07, 6.45) is -2.15. The van der Waals surface area contributed by atoms with Crippen LogP contribution in [0.25, 0.3) is 0 Å². The zero-order valence-electron chi connectivity index (χ0n) is 13.6. The van der Waals surface area contributed by atoms with E-state index < -0.39 is 41.6 Å². The van der Waals surface area contributed by atoms with Crippen molar-refractivity contribution >= 4 is 23.3 Å². The molecule has 132 valence electrons. The molecule has 0 spiro atoms. The van der Waals surface area contributed by atoms with Gasteiger partial charge in [0.15, 0.2) is 0 Å². The van der Waals surface area contributed by atoms with Crippen molar-refractivity contribution in [3.05, 3.63) is 35.9 Å². The van der Waals surface area contributed by atoms with Gasteiger partial charge in [-0.1, -0.05) is 30.3 Å². The van der Waals surface area contributed by atoms with Gasteiger partial charge in [0.2, 0.25) is 0 Å². The molecule has 0 bridgehead atoms. The number of esters is 1. The van der Waals surface area contributed by atoms with Gasteiger partial charge in [0, 0.05) is 0 Å². The van der Waals surface area contributed by atoms with E-state index in [0.29, 0.717) is 0 Å². The van der Waals surface area contributed by atoms with E-state index in [-0.39, 0.29) is 6.61 Å². The molecule has 1 amide bonds. The van der Waals surface area contributed by atoms with Gasteiger partial charge in [0.25, 0.3) is 11.3 Å². The molecular weight excluding hydrogens is 336 g/mol. The summed E-state index contributed by atoms with van der Waals surface area (Å²) in [6, 6.07) is 8.41. The molecule has 8 nitrogen and oxygen atoms in total. The second kappa shape index (κ2) is 8.22. The van der Waals surface area contributed by atoms with Crippen molar-refractivity contribution in [3.8, 4) is 0 Å². The van der Waals surface area contributed by atoms with Crippen molar-refractivity contribution in [2.24, 2.45) is 0 Å². The van der Waals surface area contributed by atoms with Crippen LogP contribution in [-0.4, -0.2) is 46.0 Å². The van der Waals surface area contributed by atoms with Gasteiger partial charge in [-0.25, -0.2) is 9.00 Å². The Kier molecular flexibility index (Phi) is 6.29. The Labute approximate surface area is 142 Å². The molecule has 0 aliphatic carbocycles. The standard InChI is InChI=1S/C15H20N2O6S/c1-10(14(18)21-3)16-13-11(2)23-24(20)17(13)15(19)22-9-12-7-5-4-6-8-12/h4-8,10-11,13,16H,9H2,1-3H3/t10-,11+,13-,24?/m0/s1. The van der Waals surface area contributed by atoms with Crippen LogP contribution in [0.2, 0.25) is 0 Å². The second-order valence-corrected chi connectivity index (χ2v) is 6.26. The fourth-order valence-corrected chi connectivity index (χ4v) is 3.22. The number of ether oxygens (including phenoxy) is 2. The Morgan fingerprint density at radius 1 is 1.38 bits per heavy atom. The van der Waals surface area contributed by atoms with Crippen LogP contribution in [0.3, 0.4) is 0 Å². The van der Waals surface area contributed by atoms with Gasteiger partial charge in [-0.3, -0.25) is 14.3 Å². The summed E-state index contributed by atoms with van der Waals surface area (Å²) in [5.41, 5.74) is 0.803. The first-order valence-electron chi connectivity index (χ1n) is 7.37. The van der Waals surface area contributed by atoms with E-state index in [2.05, 4.69) is 10.1 Å². The minimum atomic E-state index is -2.00. The molecular formula is C15H20N2O6S. The van der Waals surface area contributed by atoms with E-state index in [4.69, 9.17) is 8.92 Å². The van der Waals surface area contributed by atoms with Crippen molar-refractivity contribution in [3.63, 3.8) is 0 Å². The molecule has 2 rings (SSSR count). The predicted molar refractivity (Wildman–Crippen MR) is 85.6 cm³/mol. The number of nitrogens with zero attached hydrogens (tertiary/aromatic N) is 1. The number of nitrogens with one attached hydrogen (secondary N) is 1. The third kappa shape index (κ3) is 4.31. The van der Waals surface area contributed by atoms with Gasteiger partial charge in [-0.2, -0.15) is 4.31 Å². The van der Waals surface area contributed by atoms with Crippen LogP contribution in [0.5, 0.6) is 0 Å². The number of hydrogen-bond acceptors (Lipinski definition) is 7. The number of methoxy groups -OCH3 is 1. The molecule has 24 heavy (non-hydrogen) atoms. The molecule has 9 heteroatoms. The maximum absolute atomic E-state index is 12.3. The number of hydrogen-bond donors (Lipinski definition) is 1. The predicted octanol–water partition coefficient (Wildman–Crippen LogP) is 1.10. The highest BCUT2D eigenvalue weighted by molar-refractivity contribution is 7.78. The van der Waals surface area contributed by atoms with Gasteiger partial charge in [-0.15, -0.1) is 0 Å². The average Bonchev–Trinajstić information content (AvgIpc) is 2.86. The average molecular weight is 356 g/mol. The SMILES string of the molecule is COC(=O)[C@H](C)N[C@@H]1[C@@H](C)OS(=O)N1C(=O)OCc1ccccc1. The van der Waals surface area contributed by atoms with Crippen LogP contribution >= 0.6 is 0 Å². The van der Waals surface area contributed by atoms with E-state index in [9.17, 15) is 13.8 Å².